The average Bonchev–Trinajstić information content (AvgIpc) is 3.03. The molecular formula is C12H13Cl2NO2. The van der Waals surface area contributed by atoms with Crippen LogP contribution in [-0.2, 0) is 16.1 Å². The quantitative estimate of drug-likeness (QED) is 0.798. The molecule has 0 aromatic heterocycles. The van der Waals surface area contributed by atoms with E-state index in [9.17, 15) is 4.79 Å². The predicted octanol–water partition coefficient (Wildman–Crippen LogP) is 2.26. The second kappa shape index (κ2) is 4.16. The van der Waals surface area contributed by atoms with Crippen LogP contribution in [0, 0.1) is 0 Å². The molecule has 1 heterocycles. The van der Waals surface area contributed by atoms with Crippen LogP contribution in [0.2, 0.25) is 5.02 Å². The molecule has 1 aromatic rings. The molecule has 2 atom stereocenters. The molecule has 2 unspecified atom stereocenters. The number of esters is 1. The number of ether oxygens (including phenoxy) is 1. The Morgan fingerprint density at radius 2 is 2.35 bits per heavy atom. The van der Waals surface area contributed by atoms with Crippen molar-refractivity contribution in [1.29, 1.82) is 0 Å². The van der Waals surface area contributed by atoms with Crippen LogP contribution >= 0.6 is 24.0 Å². The molecule has 17 heavy (non-hydrogen) atoms. The summed E-state index contributed by atoms with van der Waals surface area (Å²) in [7, 11) is 1.44. The van der Waals surface area contributed by atoms with Gasteiger partial charge in [-0.1, -0.05) is 17.7 Å². The Kier molecular flexibility index (Phi) is 3.10. The van der Waals surface area contributed by atoms with Gasteiger partial charge in [0, 0.05) is 17.5 Å². The van der Waals surface area contributed by atoms with E-state index >= 15 is 0 Å². The minimum atomic E-state index is -0.463. The molecule has 5 heteroatoms. The number of carbonyl (C=O) groups excluding carboxylic acids is 1. The molecule has 0 amide bonds. The molecule has 3 nitrogen and oxygen atoms in total. The monoisotopic (exact) mass is 273 g/mol. The second-order valence-electron chi connectivity index (χ2n) is 4.42. The number of nitrogens with one attached hydrogen (secondary N) is 1. The number of methoxy groups -OCH3 is 1. The molecule has 1 aliphatic carbocycles. The highest BCUT2D eigenvalue weighted by molar-refractivity contribution is 6.30. The van der Waals surface area contributed by atoms with Crippen LogP contribution in [0.1, 0.15) is 23.5 Å². The lowest BCUT2D eigenvalue weighted by molar-refractivity contribution is -0.144. The summed E-state index contributed by atoms with van der Waals surface area (Å²) >= 11 is 5.94. The lowest BCUT2D eigenvalue weighted by atomic mass is 9.96. The van der Waals surface area contributed by atoms with Crippen LogP contribution in [0.25, 0.3) is 0 Å². The topological polar surface area (TPSA) is 38.3 Å². The molecule has 2 aliphatic rings. The standard InChI is InChI=1S/C12H12ClNO2.ClH/c1-16-11(15)12-5-10(12)9-3-2-8(13)4-7(9)6-14-12;/h2-4,10,14H,5-6H2,1H3;1H. The Hall–Kier alpha value is -0.770. The number of hydrogen-bond donors (Lipinski definition) is 1. The zero-order valence-corrected chi connectivity index (χ0v) is 10.9. The number of hydrogen-bond acceptors (Lipinski definition) is 3. The van der Waals surface area contributed by atoms with E-state index in [4.69, 9.17) is 16.3 Å². The van der Waals surface area contributed by atoms with E-state index in [2.05, 4.69) is 5.32 Å². The first-order valence-corrected chi connectivity index (χ1v) is 5.67. The molecule has 92 valence electrons. The predicted molar refractivity (Wildman–Crippen MR) is 67.6 cm³/mol. The van der Waals surface area contributed by atoms with Crippen LogP contribution in [0.5, 0.6) is 0 Å². The maximum absolute atomic E-state index is 11.7. The fourth-order valence-electron chi connectivity index (χ4n) is 2.63. The summed E-state index contributed by atoms with van der Waals surface area (Å²) in [5.41, 5.74) is 1.96. The highest BCUT2D eigenvalue weighted by atomic mass is 35.5. The fourth-order valence-corrected chi connectivity index (χ4v) is 2.83. The lowest BCUT2D eigenvalue weighted by Gasteiger charge is -2.24. The van der Waals surface area contributed by atoms with Crippen molar-refractivity contribution in [3.8, 4) is 0 Å². The van der Waals surface area contributed by atoms with Gasteiger partial charge in [0.25, 0.3) is 0 Å². The first-order chi connectivity index (χ1) is 7.67. The second-order valence-corrected chi connectivity index (χ2v) is 4.85. The van der Waals surface area contributed by atoms with Gasteiger partial charge < -0.3 is 4.74 Å². The molecule has 0 bridgehead atoms. The molecule has 3 rings (SSSR count). The number of carbonyl (C=O) groups is 1. The molecule has 1 fully saturated rings. The van der Waals surface area contributed by atoms with Crippen molar-refractivity contribution < 1.29 is 9.53 Å². The van der Waals surface area contributed by atoms with Gasteiger partial charge in [-0.3, -0.25) is 10.1 Å². The minimum absolute atomic E-state index is 0. The summed E-state index contributed by atoms with van der Waals surface area (Å²) in [5.74, 6) is 0.0964. The van der Waals surface area contributed by atoms with Gasteiger partial charge in [-0.15, -0.1) is 12.4 Å². The molecule has 1 aliphatic heterocycles. The van der Waals surface area contributed by atoms with Gasteiger partial charge in [0.2, 0.25) is 0 Å². The van der Waals surface area contributed by atoms with Crippen molar-refractivity contribution in [3.63, 3.8) is 0 Å². The van der Waals surface area contributed by atoms with E-state index in [1.807, 2.05) is 18.2 Å². The largest absolute Gasteiger partial charge is 0.468 e. The van der Waals surface area contributed by atoms with E-state index in [1.165, 1.54) is 18.2 Å². The van der Waals surface area contributed by atoms with Gasteiger partial charge >= 0.3 is 5.97 Å². The molecule has 0 saturated heterocycles. The fraction of sp³-hybridized carbons (Fsp3) is 0.417. The van der Waals surface area contributed by atoms with Crippen molar-refractivity contribution in [2.24, 2.45) is 0 Å². The third-order valence-electron chi connectivity index (χ3n) is 3.59. The maximum atomic E-state index is 11.7. The van der Waals surface area contributed by atoms with Gasteiger partial charge in [0.15, 0.2) is 0 Å². The molecule has 0 spiro atoms. The van der Waals surface area contributed by atoms with Crippen LogP contribution < -0.4 is 5.32 Å². The summed E-state index contributed by atoms with van der Waals surface area (Å²) in [4.78, 5) is 11.7. The van der Waals surface area contributed by atoms with Crippen LogP contribution in [0.15, 0.2) is 18.2 Å². The molecular weight excluding hydrogens is 261 g/mol. The van der Waals surface area contributed by atoms with Crippen molar-refractivity contribution >= 4 is 30.0 Å². The first-order valence-electron chi connectivity index (χ1n) is 5.29. The van der Waals surface area contributed by atoms with Gasteiger partial charge in [-0.25, -0.2) is 0 Å². The van der Waals surface area contributed by atoms with E-state index in [1.54, 1.807) is 0 Å². The van der Waals surface area contributed by atoms with Crippen LogP contribution in [-0.4, -0.2) is 18.6 Å². The van der Waals surface area contributed by atoms with Gasteiger partial charge in [0.05, 0.1) is 7.11 Å². The van der Waals surface area contributed by atoms with Gasteiger partial charge in [-0.2, -0.15) is 0 Å². The molecule has 1 aromatic carbocycles. The minimum Gasteiger partial charge on any atom is -0.468 e. The summed E-state index contributed by atoms with van der Waals surface area (Å²) < 4.78 is 4.85. The number of halogens is 2. The Labute approximate surface area is 111 Å². The summed E-state index contributed by atoms with van der Waals surface area (Å²) in [6.07, 6.45) is 0.828. The van der Waals surface area contributed by atoms with Crippen molar-refractivity contribution in [1.82, 2.24) is 5.32 Å². The van der Waals surface area contributed by atoms with Gasteiger partial charge in [0.1, 0.15) is 5.54 Å². The number of rotatable bonds is 1. The highest BCUT2D eigenvalue weighted by Gasteiger charge is 2.63. The zero-order chi connectivity index (χ0) is 11.3. The number of benzene rings is 1. The normalized spacial score (nSPS) is 28.5. The Morgan fingerprint density at radius 3 is 3.06 bits per heavy atom. The average molecular weight is 274 g/mol. The van der Waals surface area contributed by atoms with E-state index in [0.717, 1.165) is 11.4 Å². The van der Waals surface area contributed by atoms with E-state index < -0.39 is 5.54 Å². The van der Waals surface area contributed by atoms with E-state index in [-0.39, 0.29) is 24.3 Å². The zero-order valence-electron chi connectivity index (χ0n) is 9.33. The number of fused-ring (bicyclic) bond motifs is 3. The Morgan fingerprint density at radius 1 is 1.59 bits per heavy atom. The Bertz CT molecular complexity index is 478. The lowest BCUT2D eigenvalue weighted by Crippen LogP contribution is -2.43. The summed E-state index contributed by atoms with van der Waals surface area (Å²) in [6.45, 7) is 0.682. The van der Waals surface area contributed by atoms with Crippen LogP contribution in [0.3, 0.4) is 0 Å². The van der Waals surface area contributed by atoms with Crippen molar-refractivity contribution in [3.05, 3.63) is 34.3 Å². The Balaban J connectivity index is 0.00000108. The molecule has 1 N–H and O–H groups in total. The van der Waals surface area contributed by atoms with Gasteiger partial charge in [-0.05, 0) is 29.7 Å². The SMILES string of the molecule is COC(=O)C12CC1c1ccc(Cl)cc1CN2.Cl. The third kappa shape index (κ3) is 1.73. The van der Waals surface area contributed by atoms with Crippen LogP contribution in [0.4, 0.5) is 0 Å². The first kappa shape index (κ1) is 12.7. The van der Waals surface area contributed by atoms with Crippen molar-refractivity contribution in [2.75, 3.05) is 7.11 Å². The maximum Gasteiger partial charge on any atom is 0.326 e. The smallest absolute Gasteiger partial charge is 0.326 e. The molecule has 0 radical (unpaired) electrons. The van der Waals surface area contributed by atoms with E-state index in [0.29, 0.717) is 6.54 Å². The van der Waals surface area contributed by atoms with Crippen molar-refractivity contribution in [2.45, 2.75) is 24.4 Å². The summed E-state index contributed by atoms with van der Waals surface area (Å²) in [5, 5.41) is 4.01. The molecule has 1 saturated carbocycles. The highest BCUT2D eigenvalue weighted by Crippen LogP contribution is 2.55. The third-order valence-corrected chi connectivity index (χ3v) is 3.82. The summed E-state index contributed by atoms with van der Waals surface area (Å²) in [6, 6.07) is 5.86.